The third-order valence-electron chi connectivity index (χ3n) is 2.06. The summed E-state index contributed by atoms with van der Waals surface area (Å²) in [6.07, 6.45) is 0. The number of ether oxygens (including phenoxy) is 1. The van der Waals surface area contributed by atoms with Crippen LogP contribution in [0.25, 0.3) is 0 Å². The molecule has 1 aromatic carbocycles. The summed E-state index contributed by atoms with van der Waals surface area (Å²) < 4.78 is 5.01. The van der Waals surface area contributed by atoms with Crippen LogP contribution in [-0.4, -0.2) is 26.0 Å². The smallest absolute Gasteiger partial charge is 0.0553 e. The van der Waals surface area contributed by atoms with E-state index in [0.717, 1.165) is 17.4 Å². The summed E-state index contributed by atoms with van der Waals surface area (Å²) in [5.41, 5.74) is 6.96. The van der Waals surface area contributed by atoms with Crippen molar-refractivity contribution in [2.45, 2.75) is 5.25 Å². The van der Waals surface area contributed by atoms with Crippen LogP contribution < -0.4 is 5.73 Å². The minimum absolute atomic E-state index is 0.331. The molecule has 0 aliphatic carbocycles. The van der Waals surface area contributed by atoms with Gasteiger partial charge in [0.2, 0.25) is 0 Å². The van der Waals surface area contributed by atoms with Gasteiger partial charge < -0.3 is 10.5 Å². The minimum atomic E-state index is 0.331. The summed E-state index contributed by atoms with van der Waals surface area (Å²) in [6.45, 7) is 1.39. The average molecular weight is 246 g/mol. The predicted molar refractivity (Wildman–Crippen MR) is 67.6 cm³/mol. The van der Waals surface area contributed by atoms with Gasteiger partial charge in [-0.2, -0.15) is 11.8 Å². The Morgan fingerprint density at radius 1 is 1.40 bits per heavy atom. The van der Waals surface area contributed by atoms with E-state index in [1.54, 1.807) is 7.11 Å². The molecule has 0 aliphatic heterocycles. The second kappa shape index (κ2) is 7.12. The first-order chi connectivity index (χ1) is 7.27. The maximum Gasteiger partial charge on any atom is 0.0553 e. The topological polar surface area (TPSA) is 35.2 Å². The first-order valence-electron chi connectivity index (χ1n) is 4.84. The van der Waals surface area contributed by atoms with Crippen molar-refractivity contribution in [2.75, 3.05) is 26.0 Å². The zero-order chi connectivity index (χ0) is 11.1. The molecule has 0 radical (unpaired) electrons. The zero-order valence-electron chi connectivity index (χ0n) is 8.78. The van der Waals surface area contributed by atoms with Gasteiger partial charge in [-0.1, -0.05) is 23.7 Å². The average Bonchev–Trinajstić information content (AvgIpc) is 2.26. The molecule has 4 heteroatoms. The quantitative estimate of drug-likeness (QED) is 0.783. The Morgan fingerprint density at radius 2 is 2.07 bits per heavy atom. The lowest BCUT2D eigenvalue weighted by Crippen LogP contribution is -2.10. The molecule has 0 saturated heterocycles. The number of hydrogen-bond acceptors (Lipinski definition) is 3. The Kier molecular flexibility index (Phi) is 6.10. The summed E-state index contributed by atoms with van der Waals surface area (Å²) in [5, 5.41) is 1.09. The van der Waals surface area contributed by atoms with Gasteiger partial charge >= 0.3 is 0 Å². The highest BCUT2D eigenvalue weighted by Gasteiger charge is 2.09. The van der Waals surface area contributed by atoms with Crippen LogP contribution >= 0.6 is 23.4 Å². The van der Waals surface area contributed by atoms with E-state index in [-0.39, 0.29) is 0 Å². The second-order valence-corrected chi connectivity index (χ2v) is 4.89. The third-order valence-corrected chi connectivity index (χ3v) is 3.58. The van der Waals surface area contributed by atoms with E-state index in [4.69, 9.17) is 22.1 Å². The molecule has 84 valence electrons. The van der Waals surface area contributed by atoms with Crippen molar-refractivity contribution < 1.29 is 4.74 Å². The highest BCUT2D eigenvalue weighted by molar-refractivity contribution is 7.99. The lowest BCUT2D eigenvalue weighted by molar-refractivity contribution is 0.218. The van der Waals surface area contributed by atoms with Crippen molar-refractivity contribution in [2.24, 2.45) is 5.73 Å². The zero-order valence-corrected chi connectivity index (χ0v) is 10.4. The van der Waals surface area contributed by atoms with Crippen LogP contribution in [-0.2, 0) is 4.74 Å². The van der Waals surface area contributed by atoms with Crippen molar-refractivity contribution in [1.29, 1.82) is 0 Å². The fourth-order valence-electron chi connectivity index (χ4n) is 1.25. The van der Waals surface area contributed by atoms with Crippen LogP contribution in [0.5, 0.6) is 0 Å². The van der Waals surface area contributed by atoms with Gasteiger partial charge in [-0.05, 0) is 17.7 Å². The molecule has 2 nitrogen and oxygen atoms in total. The van der Waals surface area contributed by atoms with Crippen molar-refractivity contribution in [3.8, 4) is 0 Å². The lowest BCUT2D eigenvalue weighted by Gasteiger charge is -2.14. The summed E-state index contributed by atoms with van der Waals surface area (Å²) in [5.74, 6) is 0.959. The summed E-state index contributed by atoms with van der Waals surface area (Å²) in [6, 6.07) is 7.85. The van der Waals surface area contributed by atoms with Gasteiger partial charge in [0.25, 0.3) is 0 Å². The van der Waals surface area contributed by atoms with Crippen LogP contribution in [0.1, 0.15) is 10.8 Å². The van der Waals surface area contributed by atoms with Crippen LogP contribution in [0.3, 0.4) is 0 Å². The number of halogens is 1. The molecular weight excluding hydrogens is 230 g/mol. The highest BCUT2D eigenvalue weighted by Crippen LogP contribution is 2.28. The van der Waals surface area contributed by atoms with E-state index in [1.807, 2.05) is 36.0 Å². The van der Waals surface area contributed by atoms with Crippen LogP contribution in [0, 0.1) is 0 Å². The van der Waals surface area contributed by atoms with Crippen molar-refractivity contribution >= 4 is 23.4 Å². The number of methoxy groups -OCH3 is 1. The lowest BCUT2D eigenvalue weighted by atomic mass is 10.1. The van der Waals surface area contributed by atoms with Gasteiger partial charge in [-0.25, -0.2) is 0 Å². The molecule has 0 heterocycles. The van der Waals surface area contributed by atoms with E-state index in [0.29, 0.717) is 11.8 Å². The minimum Gasteiger partial charge on any atom is -0.384 e. The molecule has 15 heavy (non-hydrogen) atoms. The fraction of sp³-hybridized carbons (Fsp3) is 0.455. The first kappa shape index (κ1) is 12.8. The molecular formula is C11H16ClNOS. The number of rotatable bonds is 6. The fourth-order valence-corrected chi connectivity index (χ4v) is 2.41. The van der Waals surface area contributed by atoms with Gasteiger partial charge in [0, 0.05) is 29.7 Å². The Balaban J connectivity index is 2.53. The molecule has 0 amide bonds. The molecule has 1 aromatic rings. The number of thioether (sulfide) groups is 1. The molecule has 2 N–H and O–H groups in total. The predicted octanol–water partition coefficient (Wildman–Crippen LogP) is 2.72. The third kappa shape index (κ3) is 4.43. The van der Waals surface area contributed by atoms with Crippen molar-refractivity contribution in [3.63, 3.8) is 0 Å². The van der Waals surface area contributed by atoms with Crippen LogP contribution in [0.4, 0.5) is 0 Å². The Bertz CT molecular complexity index is 278. The molecule has 1 rings (SSSR count). The monoisotopic (exact) mass is 245 g/mol. The number of benzene rings is 1. The van der Waals surface area contributed by atoms with E-state index >= 15 is 0 Å². The summed E-state index contributed by atoms with van der Waals surface area (Å²) in [7, 11) is 1.71. The molecule has 0 unspecified atom stereocenters. The Hall–Kier alpha value is -0.220. The number of hydrogen-bond donors (Lipinski definition) is 1. The van der Waals surface area contributed by atoms with Gasteiger partial charge in [0.1, 0.15) is 0 Å². The maximum atomic E-state index is 5.83. The van der Waals surface area contributed by atoms with Crippen molar-refractivity contribution in [3.05, 3.63) is 34.9 Å². The van der Waals surface area contributed by atoms with Crippen molar-refractivity contribution in [1.82, 2.24) is 0 Å². The van der Waals surface area contributed by atoms with Gasteiger partial charge in [0.05, 0.1) is 6.61 Å². The van der Waals surface area contributed by atoms with Crippen LogP contribution in [0.2, 0.25) is 5.02 Å². The first-order valence-corrected chi connectivity index (χ1v) is 6.26. The van der Waals surface area contributed by atoms with Gasteiger partial charge in [-0.3, -0.25) is 0 Å². The number of nitrogens with two attached hydrogens (primary N) is 1. The Morgan fingerprint density at radius 3 is 2.60 bits per heavy atom. The molecule has 0 saturated carbocycles. The molecule has 0 fully saturated rings. The largest absolute Gasteiger partial charge is 0.384 e. The van der Waals surface area contributed by atoms with Crippen LogP contribution in [0.15, 0.2) is 24.3 Å². The van der Waals surface area contributed by atoms with E-state index in [2.05, 4.69) is 0 Å². The molecule has 0 bridgehead atoms. The summed E-state index contributed by atoms with van der Waals surface area (Å²) >= 11 is 7.64. The highest BCUT2D eigenvalue weighted by atomic mass is 35.5. The Labute approximate surface area is 100 Å². The SMILES string of the molecule is COCCS[C@@H](CN)c1ccc(Cl)cc1. The second-order valence-electron chi connectivity index (χ2n) is 3.14. The summed E-state index contributed by atoms with van der Waals surface area (Å²) in [4.78, 5) is 0. The van der Waals surface area contributed by atoms with Gasteiger partial charge in [-0.15, -0.1) is 0 Å². The van der Waals surface area contributed by atoms with E-state index in [1.165, 1.54) is 5.56 Å². The van der Waals surface area contributed by atoms with Gasteiger partial charge in [0.15, 0.2) is 0 Å². The van der Waals surface area contributed by atoms with E-state index < -0.39 is 0 Å². The normalized spacial score (nSPS) is 12.7. The molecule has 0 aromatic heterocycles. The maximum absolute atomic E-state index is 5.83. The van der Waals surface area contributed by atoms with E-state index in [9.17, 15) is 0 Å². The standard InChI is InChI=1S/C11H16ClNOS/c1-14-6-7-15-11(8-13)9-2-4-10(12)5-3-9/h2-5,11H,6-8,13H2,1H3/t11-/m0/s1. The molecule has 1 atom stereocenters. The molecule has 0 aliphatic rings. The molecule has 0 spiro atoms.